The predicted octanol–water partition coefficient (Wildman–Crippen LogP) is 4.89. The molecule has 0 N–H and O–H groups in total. The molecule has 0 radical (unpaired) electrons. The molecule has 4 aliphatic rings. The summed E-state index contributed by atoms with van der Waals surface area (Å²) in [6, 6.07) is 0. The lowest BCUT2D eigenvalue weighted by Crippen LogP contribution is -2.51. The van der Waals surface area contributed by atoms with E-state index in [0.717, 1.165) is 49.0 Å². The lowest BCUT2D eigenvalue weighted by atomic mass is 9.47. The molecule has 0 bridgehead atoms. The van der Waals surface area contributed by atoms with Crippen LogP contribution in [0.1, 0.15) is 76.3 Å². The molecule has 0 spiro atoms. The van der Waals surface area contributed by atoms with Crippen molar-refractivity contribution in [1.82, 2.24) is 5.16 Å². The summed E-state index contributed by atoms with van der Waals surface area (Å²) < 4.78 is 11.3. The zero-order valence-corrected chi connectivity index (χ0v) is 17.0. The number of allylic oxidation sites excluding steroid dienone is 1. The molecule has 4 nitrogen and oxygen atoms in total. The number of hydrogen-bond donors (Lipinski definition) is 0. The Morgan fingerprint density at radius 3 is 2.74 bits per heavy atom. The zero-order chi connectivity index (χ0) is 19.0. The van der Waals surface area contributed by atoms with Gasteiger partial charge in [0.2, 0.25) is 0 Å². The molecular formula is C23H31NO3. The number of esters is 1. The fourth-order valence-electron chi connectivity index (χ4n) is 7.46. The lowest BCUT2D eigenvalue weighted by Gasteiger charge is -2.57. The number of carbonyl (C=O) groups excluding carboxylic acids is 1. The topological polar surface area (TPSA) is 52.3 Å². The van der Waals surface area contributed by atoms with E-state index in [9.17, 15) is 4.79 Å². The maximum atomic E-state index is 11.4. The molecule has 5 rings (SSSR count). The van der Waals surface area contributed by atoms with Gasteiger partial charge < -0.3 is 9.26 Å². The van der Waals surface area contributed by atoms with Gasteiger partial charge in [-0.05, 0) is 62.2 Å². The largest absolute Gasteiger partial charge is 0.462 e. The van der Waals surface area contributed by atoms with Crippen LogP contribution >= 0.6 is 0 Å². The van der Waals surface area contributed by atoms with Gasteiger partial charge in [0.25, 0.3) is 0 Å². The van der Waals surface area contributed by atoms with Gasteiger partial charge in [-0.15, -0.1) is 0 Å². The zero-order valence-electron chi connectivity index (χ0n) is 17.0. The number of aromatic nitrogens is 1. The van der Waals surface area contributed by atoms with Crippen LogP contribution in [0.25, 0.3) is 0 Å². The minimum absolute atomic E-state index is 0.0800. The Morgan fingerprint density at radius 1 is 1.19 bits per heavy atom. The van der Waals surface area contributed by atoms with E-state index in [-0.39, 0.29) is 22.9 Å². The molecule has 1 aromatic rings. The van der Waals surface area contributed by atoms with Gasteiger partial charge in [-0.25, -0.2) is 0 Å². The molecule has 0 aromatic carbocycles. The van der Waals surface area contributed by atoms with Gasteiger partial charge in [0.15, 0.2) is 0 Å². The van der Waals surface area contributed by atoms with Crippen molar-refractivity contribution in [2.45, 2.75) is 84.2 Å². The van der Waals surface area contributed by atoms with Gasteiger partial charge in [0.05, 0.1) is 5.69 Å². The molecule has 0 unspecified atom stereocenters. The van der Waals surface area contributed by atoms with E-state index in [2.05, 4.69) is 32.0 Å². The first-order valence-corrected chi connectivity index (χ1v) is 10.7. The lowest BCUT2D eigenvalue weighted by molar-refractivity contribution is -0.148. The van der Waals surface area contributed by atoms with Gasteiger partial charge in [-0.3, -0.25) is 4.79 Å². The first-order chi connectivity index (χ1) is 12.8. The summed E-state index contributed by atoms with van der Waals surface area (Å²) in [4.78, 5) is 11.4. The van der Waals surface area contributed by atoms with Gasteiger partial charge in [0.1, 0.15) is 11.9 Å². The van der Waals surface area contributed by atoms with Crippen molar-refractivity contribution in [3.63, 3.8) is 0 Å². The molecule has 1 aromatic heterocycles. The summed E-state index contributed by atoms with van der Waals surface area (Å²) in [5.74, 6) is 3.15. The molecule has 146 valence electrons. The Balaban J connectivity index is 1.45. The molecular weight excluding hydrogens is 338 g/mol. The average Bonchev–Trinajstić information content (AvgIpc) is 3.12. The van der Waals surface area contributed by atoms with Crippen LogP contribution in [0.4, 0.5) is 0 Å². The van der Waals surface area contributed by atoms with Crippen molar-refractivity contribution in [2.75, 3.05) is 0 Å². The van der Waals surface area contributed by atoms with Crippen LogP contribution in [-0.4, -0.2) is 17.2 Å². The van der Waals surface area contributed by atoms with E-state index in [1.54, 1.807) is 5.57 Å². The molecule has 0 saturated heterocycles. The molecule has 4 heteroatoms. The maximum absolute atomic E-state index is 11.4. The molecule has 2 saturated carbocycles. The van der Waals surface area contributed by atoms with Crippen molar-refractivity contribution < 1.29 is 14.1 Å². The Bertz CT molecular complexity index is 824. The van der Waals surface area contributed by atoms with Crippen LogP contribution in [0.3, 0.4) is 0 Å². The third kappa shape index (κ3) is 2.34. The quantitative estimate of drug-likeness (QED) is 0.522. The third-order valence-electron chi connectivity index (χ3n) is 8.69. The average molecular weight is 370 g/mol. The smallest absolute Gasteiger partial charge is 0.302 e. The summed E-state index contributed by atoms with van der Waals surface area (Å²) in [7, 11) is 0. The fraction of sp³-hybridized carbons (Fsp3) is 0.739. The van der Waals surface area contributed by atoms with E-state index in [4.69, 9.17) is 9.26 Å². The fourth-order valence-corrected chi connectivity index (χ4v) is 7.46. The number of carbonyl (C=O) groups is 1. The van der Waals surface area contributed by atoms with Gasteiger partial charge in [-0.2, -0.15) is 0 Å². The minimum Gasteiger partial charge on any atom is -0.462 e. The Hall–Kier alpha value is -1.58. The first kappa shape index (κ1) is 17.5. The van der Waals surface area contributed by atoms with Crippen LogP contribution in [0.2, 0.25) is 0 Å². The molecule has 27 heavy (non-hydrogen) atoms. The van der Waals surface area contributed by atoms with E-state index >= 15 is 0 Å². The van der Waals surface area contributed by atoms with E-state index in [1.165, 1.54) is 31.7 Å². The first-order valence-electron chi connectivity index (χ1n) is 10.7. The number of fused-ring (bicyclic) bond motifs is 7. The summed E-state index contributed by atoms with van der Waals surface area (Å²) in [5, 5.41) is 4.26. The normalized spacial score (nSPS) is 42.4. The molecule has 1 heterocycles. The van der Waals surface area contributed by atoms with Gasteiger partial charge >= 0.3 is 5.97 Å². The van der Waals surface area contributed by atoms with Crippen molar-refractivity contribution in [3.8, 4) is 0 Å². The summed E-state index contributed by atoms with van der Waals surface area (Å²) in [5.41, 5.74) is 4.59. The number of nitrogens with zero attached hydrogens (tertiary/aromatic N) is 1. The molecule has 0 aliphatic heterocycles. The SMILES string of the molecule is CC(=O)O[C@@H]1CC[C@@]2(C)C(=CC[C@H]3[C@H]4Cc5onc(C)c5[C@@]4(C)CC[C@@H]32)C1. The third-order valence-corrected chi connectivity index (χ3v) is 8.69. The summed E-state index contributed by atoms with van der Waals surface area (Å²) in [6.45, 7) is 8.59. The molecule has 6 atom stereocenters. The summed E-state index contributed by atoms with van der Waals surface area (Å²) >= 11 is 0. The number of ether oxygens (including phenoxy) is 1. The van der Waals surface area contributed by atoms with Crippen molar-refractivity contribution in [1.29, 1.82) is 0 Å². The van der Waals surface area contributed by atoms with Crippen molar-refractivity contribution in [3.05, 3.63) is 28.7 Å². The van der Waals surface area contributed by atoms with Crippen LogP contribution in [0.15, 0.2) is 16.2 Å². The molecule has 0 amide bonds. The van der Waals surface area contributed by atoms with Crippen molar-refractivity contribution >= 4 is 5.97 Å². The maximum Gasteiger partial charge on any atom is 0.302 e. The van der Waals surface area contributed by atoms with E-state index in [0.29, 0.717) is 5.92 Å². The second-order valence-electron chi connectivity index (χ2n) is 9.96. The molecule has 2 fully saturated rings. The Morgan fingerprint density at radius 2 is 1.96 bits per heavy atom. The van der Waals surface area contributed by atoms with E-state index < -0.39 is 0 Å². The number of aryl methyl sites for hydroxylation is 1. The highest BCUT2D eigenvalue weighted by Crippen LogP contribution is 2.64. The second-order valence-corrected chi connectivity index (χ2v) is 9.96. The highest BCUT2D eigenvalue weighted by Gasteiger charge is 2.59. The highest BCUT2D eigenvalue weighted by atomic mass is 16.5. The van der Waals surface area contributed by atoms with Crippen LogP contribution in [0.5, 0.6) is 0 Å². The summed E-state index contributed by atoms with van der Waals surface area (Å²) in [6.07, 6.45) is 10.4. The highest BCUT2D eigenvalue weighted by molar-refractivity contribution is 5.66. The van der Waals surface area contributed by atoms with Crippen molar-refractivity contribution in [2.24, 2.45) is 23.2 Å². The number of rotatable bonds is 1. The monoisotopic (exact) mass is 369 g/mol. The molecule has 4 aliphatic carbocycles. The van der Waals surface area contributed by atoms with Gasteiger partial charge in [-0.1, -0.05) is 30.7 Å². The minimum atomic E-state index is -0.144. The number of hydrogen-bond acceptors (Lipinski definition) is 4. The Labute approximate surface area is 161 Å². The van der Waals surface area contributed by atoms with Gasteiger partial charge in [0, 0.05) is 30.7 Å². The van der Waals surface area contributed by atoms with Crippen LogP contribution in [0, 0.1) is 30.1 Å². The Kier molecular flexibility index (Phi) is 3.71. The second kappa shape index (κ2) is 5.71. The van der Waals surface area contributed by atoms with Crippen LogP contribution < -0.4 is 0 Å². The standard InChI is InChI=1S/C23H31NO3/c1-13-21-20(27-24-13)12-19-17-6-5-15-11-16(26-14(2)25)7-9-22(15,3)18(17)8-10-23(19,21)4/h5,16-19H,6-12H2,1-4H3/t16-,17-,18+,19-,22+,23+/m1/s1. The van der Waals surface area contributed by atoms with Crippen LogP contribution in [-0.2, 0) is 21.4 Å². The predicted molar refractivity (Wildman–Crippen MR) is 102 cm³/mol. The van der Waals surface area contributed by atoms with E-state index in [1.807, 2.05) is 0 Å².